The van der Waals surface area contributed by atoms with Crippen molar-refractivity contribution in [1.29, 1.82) is 0 Å². The van der Waals surface area contributed by atoms with Gasteiger partial charge in [0.15, 0.2) is 0 Å². The maximum atomic E-state index is 11.2. The normalized spacial score (nSPS) is 24.3. The van der Waals surface area contributed by atoms with E-state index in [1.165, 1.54) is 31.4 Å². The molecule has 1 saturated heterocycles. The number of nitrogens with zero attached hydrogens (tertiary/aromatic N) is 4. The fourth-order valence-corrected chi connectivity index (χ4v) is 8.13. The average molecular weight is 778 g/mol. The van der Waals surface area contributed by atoms with Crippen LogP contribution in [-0.2, 0) is 54.2 Å². The Balaban J connectivity index is 0.000000304. The van der Waals surface area contributed by atoms with Gasteiger partial charge in [-0.15, -0.1) is 25.2 Å². The van der Waals surface area contributed by atoms with Crippen molar-refractivity contribution in [2.24, 2.45) is 14.7 Å². The third kappa shape index (κ3) is 13.0. The van der Waals surface area contributed by atoms with Crippen molar-refractivity contribution in [3.8, 4) is 0 Å². The molecule has 0 bridgehead atoms. The number of benzene rings is 1. The van der Waals surface area contributed by atoms with E-state index in [-0.39, 0.29) is 57.1 Å². The summed E-state index contributed by atoms with van der Waals surface area (Å²) in [6, 6.07) is 6.56. The van der Waals surface area contributed by atoms with Crippen molar-refractivity contribution in [3.05, 3.63) is 64.4 Å². The van der Waals surface area contributed by atoms with Crippen molar-refractivity contribution in [3.63, 3.8) is 0 Å². The maximum absolute atomic E-state index is 11.2. The Kier molecular flexibility index (Phi) is 19.6. The smallest absolute Gasteiger partial charge is 0.861 e. The van der Waals surface area contributed by atoms with Gasteiger partial charge in [-0.3, -0.25) is 0 Å². The second-order valence-corrected chi connectivity index (χ2v) is 14.3. The van der Waals surface area contributed by atoms with Crippen LogP contribution in [-0.4, -0.2) is 76.4 Å². The quantitative estimate of drug-likeness (QED) is 0.409. The Morgan fingerprint density at radius 2 is 1.59 bits per heavy atom. The van der Waals surface area contributed by atoms with E-state index in [1.54, 1.807) is 12.1 Å². The summed E-state index contributed by atoms with van der Waals surface area (Å²) in [5.41, 5.74) is 1.27. The van der Waals surface area contributed by atoms with Crippen molar-refractivity contribution >= 4 is 31.8 Å². The summed E-state index contributed by atoms with van der Waals surface area (Å²) in [5, 5.41) is 47.3. The van der Waals surface area contributed by atoms with E-state index in [0.717, 1.165) is 57.3 Å². The molecule has 16 heteroatoms. The average Bonchev–Trinajstić information content (AvgIpc) is 3.42. The van der Waals surface area contributed by atoms with Crippen LogP contribution in [0.25, 0.3) is 10.6 Å². The summed E-state index contributed by atoms with van der Waals surface area (Å²) in [6.07, 6.45) is 16.8. The molecule has 1 saturated carbocycles. The standard InChI is InChI=1S/C8H16NO.C8H12NO.C7H11NO3S.C7H5NO3S.2Cu/c2*10-7-3-5-8-4-1-2-6-9-8;2*9-7-5-3-1-2-4-6(5)12(10,11)8-7;;/h8,10H,1-7H2;1-2,4,10H,3,5-7H2;5-6H,1-4H2,(H,8,9);1-4H,(H,8,9);;/q2*-1;;;2*+2/p-2. The predicted octanol–water partition coefficient (Wildman–Crippen LogP) is 2.41. The van der Waals surface area contributed by atoms with Crippen LogP contribution in [0, 0.1) is 5.92 Å². The van der Waals surface area contributed by atoms with Crippen molar-refractivity contribution in [2.45, 2.75) is 86.8 Å². The minimum Gasteiger partial charge on any atom is -0.861 e. The molecule has 1 aliphatic carbocycles. The second-order valence-electron chi connectivity index (χ2n) is 10.9. The molecule has 2 fully saturated rings. The Bertz CT molecular complexity index is 1410. The first-order valence-electron chi connectivity index (χ1n) is 15.1. The molecule has 3 atom stereocenters. The minimum absolute atomic E-state index is 0. The van der Waals surface area contributed by atoms with Gasteiger partial charge in [0, 0.05) is 30.6 Å². The largest absolute Gasteiger partial charge is 2.00 e. The van der Waals surface area contributed by atoms with Crippen LogP contribution < -0.4 is 10.2 Å². The summed E-state index contributed by atoms with van der Waals surface area (Å²) < 4.78 is 50.8. The van der Waals surface area contributed by atoms with Crippen LogP contribution in [0.1, 0.15) is 76.2 Å². The van der Waals surface area contributed by atoms with Gasteiger partial charge in [0.05, 0.1) is 10.1 Å². The van der Waals surface area contributed by atoms with Gasteiger partial charge in [0.2, 0.25) is 0 Å². The number of fused-ring (bicyclic) bond motifs is 2. The van der Waals surface area contributed by atoms with Crippen LogP contribution >= 0.6 is 0 Å². The van der Waals surface area contributed by atoms with Gasteiger partial charge in [0.1, 0.15) is 0 Å². The molecule has 264 valence electrons. The molecule has 0 amide bonds. The first-order chi connectivity index (χ1) is 21.1. The van der Waals surface area contributed by atoms with Crippen LogP contribution in [0.3, 0.4) is 0 Å². The Morgan fingerprint density at radius 1 is 0.891 bits per heavy atom. The van der Waals surface area contributed by atoms with Gasteiger partial charge < -0.3 is 31.1 Å². The molecule has 0 aromatic heterocycles. The fourth-order valence-electron chi connectivity index (χ4n) is 5.38. The molecule has 2 radical (unpaired) electrons. The summed E-state index contributed by atoms with van der Waals surface area (Å²) in [7, 11) is -7.10. The first-order valence-corrected chi connectivity index (χ1v) is 18.1. The zero-order chi connectivity index (χ0) is 32.0. The number of piperidine rings is 1. The topological polar surface area (TPSA) is 208 Å². The molecule has 0 spiro atoms. The summed E-state index contributed by atoms with van der Waals surface area (Å²) in [6.45, 7) is 2.44. The summed E-state index contributed by atoms with van der Waals surface area (Å²) >= 11 is 0. The van der Waals surface area contributed by atoms with E-state index in [1.807, 2.05) is 18.2 Å². The molecule has 12 nitrogen and oxygen atoms in total. The third-order valence-electron chi connectivity index (χ3n) is 7.66. The van der Waals surface area contributed by atoms with Crippen LogP contribution in [0.15, 0.2) is 61.9 Å². The third-order valence-corrected chi connectivity index (χ3v) is 10.7. The van der Waals surface area contributed by atoms with E-state index in [9.17, 15) is 27.0 Å². The fraction of sp³-hybridized carbons (Fsp3) is 0.600. The predicted molar refractivity (Wildman–Crippen MR) is 166 cm³/mol. The molecule has 2 N–H and O–H groups in total. The van der Waals surface area contributed by atoms with E-state index in [0.29, 0.717) is 25.5 Å². The van der Waals surface area contributed by atoms with E-state index < -0.39 is 37.1 Å². The molecular formula is C30H42Cu2N4O8S2. The second kappa shape index (κ2) is 21.3. The number of aliphatic hydroxyl groups excluding tert-OH is 2. The summed E-state index contributed by atoms with van der Waals surface area (Å²) in [5.74, 6) is -1.41. The first kappa shape index (κ1) is 42.3. The molecule has 4 heterocycles. The zero-order valence-corrected chi connectivity index (χ0v) is 28.9. The van der Waals surface area contributed by atoms with Gasteiger partial charge in [-0.25, -0.2) is 8.42 Å². The van der Waals surface area contributed by atoms with Crippen molar-refractivity contribution in [2.75, 3.05) is 26.3 Å². The number of hydrogen-bond donors (Lipinski definition) is 2. The molecule has 4 aliphatic heterocycles. The molecule has 46 heavy (non-hydrogen) atoms. The SMILES string of the molecule is O=S1(=O)N=C([O-])C2CCCCC21.O=S1(=O)N=C([O-])c2ccccc21.OCCCC1=CC=CC[N-]1.OCCCC1CCCC[N-]1.[Cu+2].[Cu+2]. The van der Waals surface area contributed by atoms with Gasteiger partial charge in [-0.1, -0.05) is 68.9 Å². The molecule has 1 aromatic rings. The summed E-state index contributed by atoms with van der Waals surface area (Å²) in [4.78, 5) is 0.00926. The monoisotopic (exact) mass is 776 g/mol. The van der Waals surface area contributed by atoms with Crippen LogP contribution in [0.4, 0.5) is 0 Å². The molecular weight excluding hydrogens is 736 g/mol. The number of aliphatic hydroxyl groups is 2. The van der Waals surface area contributed by atoms with Gasteiger partial charge in [-0.2, -0.15) is 22.9 Å². The molecule has 5 aliphatic rings. The number of hydrogen-bond acceptors (Lipinski definition) is 8. The van der Waals surface area contributed by atoms with E-state index in [4.69, 9.17) is 10.2 Å². The number of rotatable bonds is 6. The molecule has 3 unspecified atom stereocenters. The molecule has 6 rings (SSSR count). The minimum atomic E-state index is -3.68. The zero-order valence-electron chi connectivity index (χ0n) is 25.4. The van der Waals surface area contributed by atoms with E-state index in [2.05, 4.69) is 19.4 Å². The number of sulfonamides is 2. The van der Waals surface area contributed by atoms with Crippen LogP contribution in [0.5, 0.6) is 0 Å². The van der Waals surface area contributed by atoms with Gasteiger partial charge in [-0.05, 0) is 44.1 Å². The Morgan fingerprint density at radius 3 is 2.20 bits per heavy atom. The van der Waals surface area contributed by atoms with E-state index >= 15 is 0 Å². The van der Waals surface area contributed by atoms with Crippen LogP contribution in [0.2, 0.25) is 0 Å². The number of allylic oxidation sites excluding steroid dienone is 3. The van der Waals surface area contributed by atoms with Gasteiger partial charge in [0.25, 0.3) is 20.0 Å². The van der Waals surface area contributed by atoms with Crippen molar-refractivity contribution in [1.82, 2.24) is 0 Å². The van der Waals surface area contributed by atoms with Crippen molar-refractivity contribution < 1.29 is 71.4 Å². The maximum Gasteiger partial charge on any atom is 2.00 e. The molecule has 1 aromatic carbocycles. The Labute approximate surface area is 294 Å². The van der Waals surface area contributed by atoms with Gasteiger partial charge >= 0.3 is 34.1 Å². The Hall–Kier alpha value is -1.74.